The summed E-state index contributed by atoms with van der Waals surface area (Å²) in [5.74, 6) is 5.98. The topological polar surface area (TPSA) is 37.8 Å². The van der Waals surface area contributed by atoms with E-state index < -0.39 is 11.7 Å². The van der Waals surface area contributed by atoms with E-state index in [0.29, 0.717) is 29.3 Å². The Morgan fingerprint density at radius 2 is 1.88 bits per heavy atom. The summed E-state index contributed by atoms with van der Waals surface area (Å²) in [6, 6.07) is 10.6. The fourth-order valence-electron chi connectivity index (χ4n) is 2.41. The van der Waals surface area contributed by atoms with Crippen LogP contribution in [0.2, 0.25) is 5.02 Å². The van der Waals surface area contributed by atoms with Gasteiger partial charge >= 0.3 is 6.18 Å². The first-order valence-electron chi connectivity index (χ1n) is 7.74. The molecule has 0 spiro atoms. The Hall–Kier alpha value is -2.78. The molecule has 0 aliphatic rings. The third-order valence-electron chi connectivity index (χ3n) is 3.60. The van der Waals surface area contributed by atoms with Crippen molar-refractivity contribution >= 4 is 28.3 Å². The van der Waals surface area contributed by atoms with E-state index in [2.05, 4.69) is 27.1 Å². The molecular weight excluding hydrogens is 363 g/mol. The van der Waals surface area contributed by atoms with Crippen molar-refractivity contribution in [3.63, 3.8) is 0 Å². The number of anilines is 1. The lowest BCUT2D eigenvalue weighted by Crippen LogP contribution is -2.07. The maximum absolute atomic E-state index is 12.9. The van der Waals surface area contributed by atoms with Crippen molar-refractivity contribution in [3.05, 3.63) is 64.9 Å². The Bertz CT molecular complexity index is 990. The van der Waals surface area contributed by atoms with Crippen LogP contribution in [0, 0.1) is 11.8 Å². The predicted molar refractivity (Wildman–Crippen MR) is 96.0 cm³/mol. The highest BCUT2D eigenvalue weighted by Crippen LogP contribution is 2.31. The number of fused-ring (bicyclic) bond motifs is 1. The van der Waals surface area contributed by atoms with Crippen LogP contribution >= 0.6 is 11.6 Å². The number of alkyl halides is 3. The van der Waals surface area contributed by atoms with E-state index in [4.69, 9.17) is 11.6 Å². The van der Waals surface area contributed by atoms with Gasteiger partial charge in [0.2, 0.25) is 0 Å². The minimum Gasteiger partial charge on any atom is -0.368 e. The highest BCUT2D eigenvalue weighted by atomic mass is 35.5. The number of halogens is 4. The molecule has 0 saturated carbocycles. The van der Waals surface area contributed by atoms with Crippen molar-refractivity contribution in [3.8, 4) is 11.8 Å². The fraction of sp³-hybridized carbons (Fsp3) is 0.158. The summed E-state index contributed by atoms with van der Waals surface area (Å²) < 4.78 is 38.8. The van der Waals surface area contributed by atoms with E-state index in [1.165, 1.54) is 24.5 Å². The maximum Gasteiger partial charge on any atom is 0.417 e. The van der Waals surface area contributed by atoms with E-state index in [9.17, 15) is 13.2 Å². The summed E-state index contributed by atoms with van der Waals surface area (Å²) in [5, 5.41) is 4.51. The molecule has 7 heteroatoms. The second kappa shape index (κ2) is 7.63. The largest absolute Gasteiger partial charge is 0.417 e. The molecule has 0 saturated heterocycles. The number of nitrogens with zero attached hydrogens (tertiary/aromatic N) is 2. The van der Waals surface area contributed by atoms with Gasteiger partial charge in [-0.3, -0.25) is 0 Å². The second-order valence-electron chi connectivity index (χ2n) is 5.41. The molecular formula is C19H13ClF3N3. The Kier molecular flexibility index (Phi) is 5.29. The molecule has 1 aromatic heterocycles. The van der Waals surface area contributed by atoms with Crippen LogP contribution in [0.25, 0.3) is 10.9 Å². The third-order valence-corrected chi connectivity index (χ3v) is 3.83. The van der Waals surface area contributed by atoms with E-state index >= 15 is 0 Å². The highest BCUT2D eigenvalue weighted by Gasteiger charge is 2.32. The minimum absolute atomic E-state index is 0.0258. The van der Waals surface area contributed by atoms with E-state index in [1.54, 1.807) is 12.1 Å². The molecule has 0 atom stereocenters. The van der Waals surface area contributed by atoms with Crippen LogP contribution in [0.5, 0.6) is 0 Å². The number of hydrogen-bond acceptors (Lipinski definition) is 3. The maximum atomic E-state index is 12.9. The molecule has 0 unspecified atom stereocenters. The summed E-state index contributed by atoms with van der Waals surface area (Å²) in [6.45, 7) is 0.440. The third kappa shape index (κ3) is 4.24. The molecule has 2 aromatic carbocycles. The fourth-order valence-corrected chi connectivity index (χ4v) is 2.58. The summed E-state index contributed by atoms with van der Waals surface area (Å²) in [5.41, 5.74) is -0.0403. The molecule has 0 amide bonds. The molecule has 1 heterocycles. The molecule has 3 aromatic rings. The standard InChI is InChI=1S/C19H13ClF3N3/c20-14-8-9-15-17(11-14)25-12-26-18(15)24-10-4-3-6-13-5-1-2-7-16(13)19(21,22)23/h1-2,5,7-9,11-12H,4,10H2,(H,24,25,26). The quantitative estimate of drug-likeness (QED) is 0.508. The van der Waals surface area contributed by atoms with Crippen molar-refractivity contribution in [2.24, 2.45) is 0 Å². The lowest BCUT2D eigenvalue weighted by Gasteiger charge is -2.08. The number of benzene rings is 2. The van der Waals surface area contributed by atoms with Crippen molar-refractivity contribution < 1.29 is 13.2 Å². The summed E-state index contributed by atoms with van der Waals surface area (Å²) >= 11 is 5.94. The molecule has 0 fully saturated rings. The number of rotatable bonds is 3. The molecule has 1 N–H and O–H groups in total. The predicted octanol–water partition coefficient (Wildman–Crippen LogP) is 5.16. The van der Waals surface area contributed by atoms with Crippen LogP contribution in [0.15, 0.2) is 48.8 Å². The van der Waals surface area contributed by atoms with Gasteiger partial charge in [0.1, 0.15) is 12.1 Å². The monoisotopic (exact) mass is 375 g/mol. The summed E-state index contributed by atoms with van der Waals surface area (Å²) in [7, 11) is 0. The first-order valence-corrected chi connectivity index (χ1v) is 8.12. The lowest BCUT2D eigenvalue weighted by atomic mass is 10.1. The number of aromatic nitrogens is 2. The number of nitrogens with one attached hydrogen (secondary N) is 1. The van der Waals surface area contributed by atoms with Crippen LogP contribution in [-0.2, 0) is 6.18 Å². The molecule has 26 heavy (non-hydrogen) atoms. The van der Waals surface area contributed by atoms with Gasteiger partial charge in [-0.15, -0.1) is 0 Å². The Balaban J connectivity index is 1.67. The SMILES string of the molecule is FC(F)(F)c1ccccc1C#CCCNc1ncnc2cc(Cl)ccc12. The van der Waals surface area contributed by atoms with Gasteiger partial charge < -0.3 is 5.32 Å². The van der Waals surface area contributed by atoms with Crippen LogP contribution in [0.4, 0.5) is 19.0 Å². The van der Waals surface area contributed by atoms with Crippen LogP contribution in [0.1, 0.15) is 17.5 Å². The zero-order valence-corrected chi connectivity index (χ0v) is 14.2. The van der Waals surface area contributed by atoms with Gasteiger partial charge in [-0.1, -0.05) is 35.6 Å². The van der Waals surface area contributed by atoms with Crippen LogP contribution < -0.4 is 5.32 Å². The van der Waals surface area contributed by atoms with Crippen LogP contribution in [0.3, 0.4) is 0 Å². The highest BCUT2D eigenvalue weighted by molar-refractivity contribution is 6.31. The molecule has 3 rings (SSSR count). The normalized spacial score (nSPS) is 11.1. The number of hydrogen-bond donors (Lipinski definition) is 1. The van der Waals surface area contributed by atoms with Crippen molar-refractivity contribution in [1.82, 2.24) is 9.97 Å². The zero-order chi connectivity index (χ0) is 18.6. The molecule has 0 aliphatic carbocycles. The first kappa shape index (κ1) is 18.0. The second-order valence-corrected chi connectivity index (χ2v) is 5.84. The molecule has 3 nitrogen and oxygen atoms in total. The van der Waals surface area contributed by atoms with Crippen molar-refractivity contribution in [2.45, 2.75) is 12.6 Å². The summed E-state index contributed by atoms with van der Waals surface area (Å²) in [4.78, 5) is 8.33. The Labute approximate surface area is 153 Å². The van der Waals surface area contributed by atoms with E-state index in [0.717, 1.165) is 11.5 Å². The smallest absolute Gasteiger partial charge is 0.368 e. The molecule has 0 aliphatic heterocycles. The van der Waals surface area contributed by atoms with Crippen molar-refractivity contribution in [1.29, 1.82) is 0 Å². The molecule has 0 radical (unpaired) electrons. The van der Waals surface area contributed by atoms with Gasteiger partial charge in [-0.2, -0.15) is 13.2 Å². The van der Waals surface area contributed by atoms with Crippen LogP contribution in [-0.4, -0.2) is 16.5 Å². The van der Waals surface area contributed by atoms with Gasteiger partial charge in [0.15, 0.2) is 0 Å². The Morgan fingerprint density at radius 1 is 1.08 bits per heavy atom. The molecule has 0 bridgehead atoms. The molecule has 132 valence electrons. The van der Waals surface area contributed by atoms with E-state index in [1.807, 2.05) is 6.07 Å². The van der Waals surface area contributed by atoms with Gasteiger partial charge in [0, 0.05) is 28.9 Å². The minimum atomic E-state index is -4.41. The first-order chi connectivity index (χ1) is 12.4. The average molecular weight is 376 g/mol. The van der Waals surface area contributed by atoms with Gasteiger partial charge in [0.05, 0.1) is 11.1 Å². The Morgan fingerprint density at radius 3 is 2.69 bits per heavy atom. The van der Waals surface area contributed by atoms with Gasteiger partial charge in [-0.25, -0.2) is 9.97 Å². The van der Waals surface area contributed by atoms with Gasteiger partial charge in [0.25, 0.3) is 0 Å². The average Bonchev–Trinajstić information content (AvgIpc) is 2.60. The zero-order valence-electron chi connectivity index (χ0n) is 13.4. The van der Waals surface area contributed by atoms with E-state index in [-0.39, 0.29) is 5.56 Å². The van der Waals surface area contributed by atoms with Crippen molar-refractivity contribution in [2.75, 3.05) is 11.9 Å². The summed E-state index contributed by atoms with van der Waals surface area (Å²) in [6.07, 6.45) is -2.62. The lowest BCUT2D eigenvalue weighted by molar-refractivity contribution is -0.137. The van der Waals surface area contributed by atoms with Gasteiger partial charge in [-0.05, 0) is 30.3 Å².